The first kappa shape index (κ1) is 20.9. The number of carbonyl (C=O) groups is 2. The Bertz CT molecular complexity index is 972. The van der Waals surface area contributed by atoms with Gasteiger partial charge in [0.05, 0.1) is 6.04 Å². The number of anilines is 1. The van der Waals surface area contributed by atoms with Gasteiger partial charge in [0.25, 0.3) is 5.91 Å². The number of thiophene rings is 1. The van der Waals surface area contributed by atoms with Crippen LogP contribution in [0.3, 0.4) is 0 Å². The van der Waals surface area contributed by atoms with Crippen LogP contribution in [0.5, 0.6) is 0 Å². The van der Waals surface area contributed by atoms with Crippen LogP contribution in [-0.2, 0) is 0 Å². The van der Waals surface area contributed by atoms with Crippen LogP contribution in [0.25, 0.3) is 0 Å². The van der Waals surface area contributed by atoms with Gasteiger partial charge in [0.15, 0.2) is 0 Å². The van der Waals surface area contributed by atoms with Crippen molar-refractivity contribution in [2.75, 3.05) is 5.32 Å². The number of hydrogen-bond donors (Lipinski definition) is 3. The Morgan fingerprint density at radius 2 is 1.72 bits per heavy atom. The Morgan fingerprint density at radius 3 is 2.38 bits per heavy atom. The lowest BCUT2D eigenvalue weighted by Gasteiger charge is -2.19. The van der Waals surface area contributed by atoms with Crippen LogP contribution in [0.2, 0.25) is 5.02 Å². The Hall–Kier alpha value is -2.83. The van der Waals surface area contributed by atoms with Crippen molar-refractivity contribution in [1.29, 1.82) is 0 Å². The molecule has 1 aromatic heterocycles. The molecular formula is C22H22ClN3O2S. The maximum Gasteiger partial charge on any atom is 0.319 e. The largest absolute Gasteiger partial charge is 0.340 e. The zero-order valence-electron chi connectivity index (χ0n) is 16.1. The molecule has 2 aromatic carbocycles. The molecule has 3 amide bonds. The summed E-state index contributed by atoms with van der Waals surface area (Å²) in [5, 5.41) is 11.2. The quantitative estimate of drug-likeness (QED) is 0.489. The smallest absolute Gasteiger partial charge is 0.319 e. The van der Waals surface area contributed by atoms with Crippen LogP contribution >= 0.6 is 22.9 Å². The van der Waals surface area contributed by atoms with E-state index in [1.807, 2.05) is 55.6 Å². The standard InChI is InChI=1S/C22H22ClN3O2S/c1-14(2)24-22(28)25-18-6-3-5-16(13-18)21(27)26-20(19-7-4-12-29-19)15-8-10-17(23)11-9-15/h3-14,20H,1-2H3,(H,26,27)(H2,24,25,28). The van der Waals surface area contributed by atoms with Gasteiger partial charge in [0.1, 0.15) is 0 Å². The summed E-state index contributed by atoms with van der Waals surface area (Å²) in [6, 6.07) is 17.6. The van der Waals surface area contributed by atoms with E-state index in [4.69, 9.17) is 11.6 Å². The maximum atomic E-state index is 12.9. The molecule has 3 aromatic rings. The van der Waals surface area contributed by atoms with Crippen molar-refractivity contribution in [2.45, 2.75) is 25.9 Å². The molecule has 150 valence electrons. The Morgan fingerprint density at radius 1 is 0.966 bits per heavy atom. The summed E-state index contributed by atoms with van der Waals surface area (Å²) in [5.74, 6) is -0.230. The molecular weight excluding hydrogens is 406 g/mol. The first-order chi connectivity index (χ1) is 13.9. The second kappa shape index (κ2) is 9.58. The molecule has 0 bridgehead atoms. The summed E-state index contributed by atoms with van der Waals surface area (Å²) in [7, 11) is 0. The topological polar surface area (TPSA) is 70.2 Å². The monoisotopic (exact) mass is 427 g/mol. The number of urea groups is 1. The molecule has 1 heterocycles. The van der Waals surface area contributed by atoms with Crippen molar-refractivity contribution >= 4 is 40.6 Å². The molecule has 1 atom stereocenters. The van der Waals surface area contributed by atoms with Crippen LogP contribution in [0.4, 0.5) is 10.5 Å². The number of halogens is 1. The van der Waals surface area contributed by atoms with Crippen LogP contribution in [-0.4, -0.2) is 18.0 Å². The van der Waals surface area contributed by atoms with Crippen LogP contribution in [0.15, 0.2) is 66.0 Å². The van der Waals surface area contributed by atoms with Crippen molar-refractivity contribution in [3.05, 3.63) is 87.1 Å². The van der Waals surface area contributed by atoms with Gasteiger partial charge in [-0.1, -0.05) is 35.9 Å². The summed E-state index contributed by atoms with van der Waals surface area (Å²) >= 11 is 7.58. The number of benzene rings is 2. The summed E-state index contributed by atoms with van der Waals surface area (Å²) in [6.45, 7) is 3.76. The minimum absolute atomic E-state index is 0.0208. The molecule has 0 fully saturated rings. The molecule has 3 N–H and O–H groups in total. The first-order valence-corrected chi connectivity index (χ1v) is 10.5. The minimum atomic E-state index is -0.310. The number of amides is 3. The number of hydrogen-bond acceptors (Lipinski definition) is 3. The molecule has 29 heavy (non-hydrogen) atoms. The van der Waals surface area contributed by atoms with Gasteiger partial charge in [-0.3, -0.25) is 4.79 Å². The van der Waals surface area contributed by atoms with Crippen molar-refractivity contribution in [1.82, 2.24) is 10.6 Å². The van der Waals surface area contributed by atoms with E-state index in [2.05, 4.69) is 16.0 Å². The molecule has 3 rings (SSSR count). The average Bonchev–Trinajstić information content (AvgIpc) is 3.20. The number of nitrogens with one attached hydrogen (secondary N) is 3. The Balaban J connectivity index is 1.79. The first-order valence-electron chi connectivity index (χ1n) is 9.19. The highest BCUT2D eigenvalue weighted by Gasteiger charge is 2.19. The van der Waals surface area contributed by atoms with Gasteiger partial charge in [0, 0.05) is 27.2 Å². The van der Waals surface area contributed by atoms with E-state index in [9.17, 15) is 9.59 Å². The predicted octanol–water partition coefficient (Wildman–Crippen LogP) is 5.45. The van der Waals surface area contributed by atoms with E-state index in [0.29, 0.717) is 16.3 Å². The van der Waals surface area contributed by atoms with Crippen LogP contribution in [0, 0.1) is 0 Å². The molecule has 0 saturated carbocycles. The summed E-state index contributed by atoms with van der Waals surface area (Å²) in [5.41, 5.74) is 1.95. The minimum Gasteiger partial charge on any atom is -0.340 e. The van der Waals surface area contributed by atoms with Crippen LogP contribution < -0.4 is 16.0 Å². The van der Waals surface area contributed by atoms with Crippen molar-refractivity contribution in [2.24, 2.45) is 0 Å². The molecule has 0 aliphatic rings. The van der Waals surface area contributed by atoms with Crippen molar-refractivity contribution in [3.8, 4) is 0 Å². The van der Waals surface area contributed by atoms with Gasteiger partial charge >= 0.3 is 6.03 Å². The van der Waals surface area contributed by atoms with Gasteiger partial charge in [-0.15, -0.1) is 11.3 Å². The normalized spacial score (nSPS) is 11.7. The lowest BCUT2D eigenvalue weighted by Crippen LogP contribution is -2.34. The average molecular weight is 428 g/mol. The molecule has 1 unspecified atom stereocenters. The second-order valence-electron chi connectivity index (χ2n) is 6.81. The molecule has 0 aliphatic heterocycles. The number of rotatable bonds is 6. The van der Waals surface area contributed by atoms with Crippen molar-refractivity contribution < 1.29 is 9.59 Å². The fourth-order valence-corrected chi connectivity index (χ4v) is 3.74. The Kier molecular flexibility index (Phi) is 6.90. The molecule has 0 aliphatic carbocycles. The molecule has 0 spiro atoms. The third kappa shape index (κ3) is 5.82. The van der Waals surface area contributed by atoms with Gasteiger partial charge in [-0.2, -0.15) is 0 Å². The van der Waals surface area contributed by atoms with Crippen LogP contribution in [0.1, 0.15) is 40.7 Å². The van der Waals surface area contributed by atoms with E-state index in [0.717, 1.165) is 10.4 Å². The molecule has 0 saturated heterocycles. The zero-order chi connectivity index (χ0) is 20.8. The van der Waals surface area contributed by atoms with E-state index < -0.39 is 0 Å². The van der Waals surface area contributed by atoms with Crippen molar-refractivity contribution in [3.63, 3.8) is 0 Å². The fourth-order valence-electron chi connectivity index (χ4n) is 2.81. The second-order valence-corrected chi connectivity index (χ2v) is 8.22. The molecule has 5 nitrogen and oxygen atoms in total. The van der Waals surface area contributed by atoms with E-state index >= 15 is 0 Å². The van der Waals surface area contributed by atoms with E-state index in [1.165, 1.54) is 0 Å². The van der Waals surface area contributed by atoms with Gasteiger partial charge in [0.2, 0.25) is 0 Å². The highest BCUT2D eigenvalue weighted by Crippen LogP contribution is 2.27. The van der Waals surface area contributed by atoms with Gasteiger partial charge < -0.3 is 16.0 Å². The van der Waals surface area contributed by atoms with Gasteiger partial charge in [-0.25, -0.2) is 4.79 Å². The SMILES string of the molecule is CC(C)NC(=O)Nc1cccc(C(=O)NC(c2ccc(Cl)cc2)c2cccs2)c1. The summed E-state index contributed by atoms with van der Waals surface area (Å²) in [4.78, 5) is 25.9. The third-order valence-corrected chi connectivity index (χ3v) is 5.30. The zero-order valence-corrected chi connectivity index (χ0v) is 17.7. The lowest BCUT2D eigenvalue weighted by molar-refractivity contribution is 0.0943. The van der Waals surface area contributed by atoms with Gasteiger partial charge in [-0.05, 0) is 61.2 Å². The van der Waals surface area contributed by atoms with E-state index in [1.54, 1.807) is 35.6 Å². The fraction of sp³-hybridized carbons (Fsp3) is 0.182. The highest BCUT2D eigenvalue weighted by molar-refractivity contribution is 7.10. The summed E-state index contributed by atoms with van der Waals surface area (Å²) < 4.78 is 0. The summed E-state index contributed by atoms with van der Waals surface area (Å²) in [6.07, 6.45) is 0. The maximum absolute atomic E-state index is 12.9. The van der Waals surface area contributed by atoms with E-state index in [-0.39, 0.29) is 24.0 Å². The predicted molar refractivity (Wildman–Crippen MR) is 119 cm³/mol. The molecule has 7 heteroatoms. The molecule has 0 radical (unpaired) electrons. The third-order valence-electron chi connectivity index (χ3n) is 4.11. The highest BCUT2D eigenvalue weighted by atomic mass is 35.5. The lowest BCUT2D eigenvalue weighted by atomic mass is 10.0. The number of carbonyl (C=O) groups excluding carboxylic acids is 2. The Labute approximate surface area is 179 Å².